The number of nitrogens with one attached hydrogen (secondary N) is 1. The molecular weight excluding hydrogens is 178 g/mol. The maximum absolute atomic E-state index is 10.5. The number of likely N-dealkylation sites (tertiary alicyclic amines) is 1. The van der Waals surface area contributed by atoms with Crippen molar-refractivity contribution in [2.45, 2.75) is 19.8 Å². The van der Waals surface area contributed by atoms with Gasteiger partial charge in [0.2, 0.25) is 5.91 Å². The van der Waals surface area contributed by atoms with Crippen LogP contribution in [-0.4, -0.2) is 43.5 Å². The van der Waals surface area contributed by atoms with Crippen LogP contribution in [0.15, 0.2) is 0 Å². The van der Waals surface area contributed by atoms with Crippen LogP contribution in [0.2, 0.25) is 0 Å². The van der Waals surface area contributed by atoms with E-state index in [1.807, 2.05) is 0 Å². The number of primary amides is 1. The largest absolute Gasteiger partial charge is 0.369 e. The van der Waals surface area contributed by atoms with E-state index in [2.05, 4.69) is 17.1 Å². The highest BCUT2D eigenvalue weighted by Gasteiger charge is 2.17. The summed E-state index contributed by atoms with van der Waals surface area (Å²) in [6.45, 7) is 6.99. The predicted molar refractivity (Wildman–Crippen MR) is 56.9 cm³/mol. The van der Waals surface area contributed by atoms with Gasteiger partial charge in [0.25, 0.3) is 0 Å². The Morgan fingerprint density at radius 3 is 2.64 bits per heavy atom. The van der Waals surface area contributed by atoms with Gasteiger partial charge in [-0.25, -0.2) is 0 Å². The molecule has 0 aromatic rings. The first-order chi connectivity index (χ1) is 6.72. The van der Waals surface area contributed by atoms with Crippen LogP contribution in [0.4, 0.5) is 0 Å². The van der Waals surface area contributed by atoms with Gasteiger partial charge in [-0.3, -0.25) is 4.79 Å². The highest BCUT2D eigenvalue weighted by molar-refractivity contribution is 5.75. The van der Waals surface area contributed by atoms with Gasteiger partial charge in [-0.15, -0.1) is 0 Å². The number of carbonyl (C=O) groups is 1. The van der Waals surface area contributed by atoms with Crippen LogP contribution in [-0.2, 0) is 4.79 Å². The monoisotopic (exact) mass is 199 g/mol. The maximum Gasteiger partial charge on any atom is 0.231 e. The molecule has 1 saturated heterocycles. The second-order valence-corrected chi connectivity index (χ2v) is 3.97. The number of hydrogen-bond donors (Lipinski definition) is 2. The van der Waals surface area contributed by atoms with E-state index in [0.29, 0.717) is 6.54 Å². The molecule has 1 aliphatic heterocycles. The SMILES string of the molecule is CCN1CCC(CNCC(N)=O)CC1. The number of piperidine rings is 1. The molecule has 1 amide bonds. The molecule has 1 fully saturated rings. The molecular formula is C10H21N3O. The molecule has 1 rings (SSSR count). The van der Waals surface area contributed by atoms with Crippen molar-refractivity contribution in [1.29, 1.82) is 0 Å². The summed E-state index contributed by atoms with van der Waals surface area (Å²) >= 11 is 0. The number of carbonyl (C=O) groups excluding carboxylic acids is 1. The number of nitrogens with zero attached hydrogens (tertiary/aromatic N) is 1. The fraction of sp³-hybridized carbons (Fsp3) is 0.900. The lowest BCUT2D eigenvalue weighted by Crippen LogP contribution is -2.38. The van der Waals surface area contributed by atoms with Gasteiger partial charge in [0.1, 0.15) is 0 Å². The molecule has 1 heterocycles. The Kier molecular flexibility index (Phi) is 4.90. The molecule has 82 valence electrons. The average Bonchev–Trinajstić information content (AvgIpc) is 2.18. The standard InChI is InChI=1S/C10H21N3O/c1-2-13-5-3-9(4-6-13)7-12-8-10(11)14/h9,12H,2-8H2,1H3,(H2,11,14). The average molecular weight is 199 g/mol. The molecule has 0 radical (unpaired) electrons. The van der Waals surface area contributed by atoms with Crippen LogP contribution in [0.3, 0.4) is 0 Å². The summed E-state index contributed by atoms with van der Waals surface area (Å²) in [6.07, 6.45) is 2.47. The van der Waals surface area contributed by atoms with Gasteiger partial charge < -0.3 is 16.0 Å². The molecule has 0 unspecified atom stereocenters. The number of hydrogen-bond acceptors (Lipinski definition) is 3. The molecule has 4 heteroatoms. The Labute approximate surface area is 85.8 Å². The fourth-order valence-corrected chi connectivity index (χ4v) is 1.91. The third-order valence-electron chi connectivity index (χ3n) is 2.89. The minimum absolute atomic E-state index is 0.268. The smallest absolute Gasteiger partial charge is 0.231 e. The second kappa shape index (κ2) is 5.98. The Bertz CT molecular complexity index is 176. The minimum atomic E-state index is -0.268. The van der Waals surface area contributed by atoms with E-state index in [4.69, 9.17) is 5.73 Å². The van der Waals surface area contributed by atoms with Crippen molar-refractivity contribution >= 4 is 5.91 Å². The van der Waals surface area contributed by atoms with Crippen molar-refractivity contribution in [3.05, 3.63) is 0 Å². The van der Waals surface area contributed by atoms with Crippen LogP contribution >= 0.6 is 0 Å². The quantitative estimate of drug-likeness (QED) is 0.644. The van der Waals surface area contributed by atoms with E-state index in [9.17, 15) is 4.79 Å². The van der Waals surface area contributed by atoms with Crippen LogP contribution in [0, 0.1) is 5.92 Å². The van der Waals surface area contributed by atoms with E-state index in [1.165, 1.54) is 25.9 Å². The molecule has 3 N–H and O–H groups in total. The van der Waals surface area contributed by atoms with Crippen molar-refractivity contribution < 1.29 is 4.79 Å². The van der Waals surface area contributed by atoms with Crippen molar-refractivity contribution in [3.8, 4) is 0 Å². The summed E-state index contributed by atoms with van der Waals surface area (Å²) in [5, 5.41) is 3.09. The molecule has 0 aliphatic carbocycles. The minimum Gasteiger partial charge on any atom is -0.369 e. The van der Waals surface area contributed by atoms with Crippen molar-refractivity contribution in [2.75, 3.05) is 32.7 Å². The first-order valence-electron chi connectivity index (χ1n) is 5.43. The molecule has 1 aliphatic rings. The molecule has 0 aromatic carbocycles. The third kappa shape index (κ3) is 4.07. The second-order valence-electron chi connectivity index (χ2n) is 3.97. The number of rotatable bonds is 5. The first kappa shape index (κ1) is 11.5. The van der Waals surface area contributed by atoms with E-state index in [-0.39, 0.29) is 5.91 Å². The van der Waals surface area contributed by atoms with Crippen LogP contribution < -0.4 is 11.1 Å². The Balaban J connectivity index is 2.07. The summed E-state index contributed by atoms with van der Waals surface area (Å²) in [6, 6.07) is 0. The Morgan fingerprint density at radius 2 is 2.14 bits per heavy atom. The van der Waals surface area contributed by atoms with Crippen molar-refractivity contribution in [1.82, 2.24) is 10.2 Å². The van der Waals surface area contributed by atoms with E-state index < -0.39 is 0 Å². The fourth-order valence-electron chi connectivity index (χ4n) is 1.91. The molecule has 0 saturated carbocycles. The lowest BCUT2D eigenvalue weighted by atomic mass is 9.97. The van der Waals surface area contributed by atoms with Gasteiger partial charge in [0.15, 0.2) is 0 Å². The molecule has 14 heavy (non-hydrogen) atoms. The van der Waals surface area contributed by atoms with Crippen LogP contribution in [0.25, 0.3) is 0 Å². The molecule has 4 nitrogen and oxygen atoms in total. The van der Waals surface area contributed by atoms with Gasteiger partial charge in [-0.2, -0.15) is 0 Å². The van der Waals surface area contributed by atoms with Gasteiger partial charge in [-0.05, 0) is 44.9 Å². The summed E-state index contributed by atoms with van der Waals surface area (Å²) < 4.78 is 0. The lowest BCUT2D eigenvalue weighted by Gasteiger charge is -2.30. The summed E-state index contributed by atoms with van der Waals surface area (Å²) in [7, 11) is 0. The van der Waals surface area contributed by atoms with E-state index >= 15 is 0 Å². The third-order valence-corrected chi connectivity index (χ3v) is 2.89. The molecule has 0 atom stereocenters. The highest BCUT2D eigenvalue weighted by Crippen LogP contribution is 2.15. The van der Waals surface area contributed by atoms with E-state index in [0.717, 1.165) is 19.0 Å². The summed E-state index contributed by atoms with van der Waals surface area (Å²) in [5.41, 5.74) is 5.04. The normalized spacial score (nSPS) is 19.8. The highest BCUT2D eigenvalue weighted by atomic mass is 16.1. The zero-order chi connectivity index (χ0) is 10.4. The summed E-state index contributed by atoms with van der Waals surface area (Å²) in [4.78, 5) is 13.0. The Morgan fingerprint density at radius 1 is 1.50 bits per heavy atom. The number of nitrogens with two attached hydrogens (primary N) is 1. The molecule has 0 aromatic heterocycles. The van der Waals surface area contributed by atoms with Crippen LogP contribution in [0.5, 0.6) is 0 Å². The maximum atomic E-state index is 10.5. The summed E-state index contributed by atoms with van der Waals surface area (Å²) in [5.74, 6) is 0.452. The van der Waals surface area contributed by atoms with Gasteiger partial charge in [0, 0.05) is 0 Å². The topological polar surface area (TPSA) is 58.4 Å². The van der Waals surface area contributed by atoms with Gasteiger partial charge >= 0.3 is 0 Å². The molecule has 0 spiro atoms. The first-order valence-corrected chi connectivity index (χ1v) is 5.43. The zero-order valence-electron chi connectivity index (χ0n) is 8.96. The van der Waals surface area contributed by atoms with Gasteiger partial charge in [-0.1, -0.05) is 6.92 Å². The Hall–Kier alpha value is -0.610. The van der Waals surface area contributed by atoms with Gasteiger partial charge in [0.05, 0.1) is 6.54 Å². The van der Waals surface area contributed by atoms with E-state index in [1.54, 1.807) is 0 Å². The predicted octanol–water partition coefficient (Wildman–Crippen LogP) is -0.207. The van der Waals surface area contributed by atoms with Crippen LogP contribution in [0.1, 0.15) is 19.8 Å². The zero-order valence-corrected chi connectivity index (χ0v) is 8.96. The van der Waals surface area contributed by atoms with Crippen molar-refractivity contribution in [2.24, 2.45) is 11.7 Å². The lowest BCUT2D eigenvalue weighted by molar-refractivity contribution is -0.117. The number of amides is 1. The molecule has 0 bridgehead atoms. The van der Waals surface area contributed by atoms with Crippen molar-refractivity contribution in [3.63, 3.8) is 0 Å².